The summed E-state index contributed by atoms with van der Waals surface area (Å²) in [5.41, 5.74) is 1.67. The van der Waals surface area contributed by atoms with Gasteiger partial charge in [-0.25, -0.2) is 4.98 Å². The number of hydrogen-bond donors (Lipinski definition) is 2. The zero-order valence-corrected chi connectivity index (χ0v) is 13.8. The Morgan fingerprint density at radius 3 is 3.13 bits per heavy atom. The van der Waals surface area contributed by atoms with Gasteiger partial charge < -0.3 is 10.6 Å². The Kier molecular flexibility index (Phi) is 4.13. The van der Waals surface area contributed by atoms with Crippen LogP contribution in [0, 0.1) is 0 Å². The summed E-state index contributed by atoms with van der Waals surface area (Å²) >= 11 is 1.62. The van der Waals surface area contributed by atoms with Crippen LogP contribution in [0.1, 0.15) is 58.8 Å². The fourth-order valence-electron chi connectivity index (χ4n) is 2.94. The zero-order chi connectivity index (χ0) is 15.6. The molecule has 1 saturated carbocycles. The molecule has 1 unspecified atom stereocenters. The lowest BCUT2D eigenvalue weighted by molar-refractivity contribution is 0.0944. The van der Waals surface area contributed by atoms with Gasteiger partial charge in [0.25, 0.3) is 5.91 Å². The molecule has 0 radical (unpaired) electrons. The van der Waals surface area contributed by atoms with Crippen molar-refractivity contribution in [2.75, 3.05) is 13.1 Å². The van der Waals surface area contributed by atoms with Crippen LogP contribution in [0.2, 0.25) is 0 Å². The van der Waals surface area contributed by atoms with E-state index in [1.807, 2.05) is 10.9 Å². The summed E-state index contributed by atoms with van der Waals surface area (Å²) in [5, 5.41) is 13.8. The van der Waals surface area contributed by atoms with Gasteiger partial charge >= 0.3 is 0 Å². The number of nitrogens with zero attached hydrogens (tertiary/aromatic N) is 3. The Labute approximate surface area is 139 Å². The minimum atomic E-state index is -0.129. The van der Waals surface area contributed by atoms with Gasteiger partial charge in [-0.1, -0.05) is 0 Å². The van der Waals surface area contributed by atoms with E-state index < -0.39 is 0 Å². The topological polar surface area (TPSA) is 71.8 Å². The average molecular weight is 331 g/mol. The van der Waals surface area contributed by atoms with E-state index >= 15 is 0 Å². The largest absolute Gasteiger partial charge is 0.344 e. The highest BCUT2D eigenvalue weighted by Crippen LogP contribution is 2.40. The molecule has 2 aromatic heterocycles. The number of thiazole rings is 1. The van der Waals surface area contributed by atoms with Crippen LogP contribution < -0.4 is 10.6 Å². The molecule has 4 rings (SSSR count). The van der Waals surface area contributed by atoms with Gasteiger partial charge in [0, 0.05) is 24.0 Å². The Morgan fingerprint density at radius 2 is 2.35 bits per heavy atom. The van der Waals surface area contributed by atoms with Crippen LogP contribution in [0.3, 0.4) is 0 Å². The maximum absolute atomic E-state index is 12.2. The number of nitrogens with one attached hydrogen (secondary N) is 2. The van der Waals surface area contributed by atoms with Crippen LogP contribution in [0.4, 0.5) is 0 Å². The standard InChI is InChI=1S/C16H21N5OS/c22-16(18-9-15-19-14(10-23-15)11-3-4-11)13-5-7-21(20-13)12-2-1-6-17-8-12/h5,7,10-12,17H,1-4,6,8-9H2,(H,18,22). The normalized spacial score (nSPS) is 21.3. The predicted molar refractivity (Wildman–Crippen MR) is 88.6 cm³/mol. The van der Waals surface area contributed by atoms with E-state index in [0.29, 0.717) is 24.2 Å². The number of carbonyl (C=O) groups is 1. The Bertz CT molecular complexity index is 684. The van der Waals surface area contributed by atoms with Crippen molar-refractivity contribution in [1.29, 1.82) is 0 Å². The molecule has 122 valence electrons. The van der Waals surface area contributed by atoms with E-state index in [1.165, 1.54) is 18.5 Å². The fourth-order valence-corrected chi connectivity index (χ4v) is 3.76. The first-order chi connectivity index (χ1) is 11.3. The monoisotopic (exact) mass is 331 g/mol. The van der Waals surface area contributed by atoms with Crippen LogP contribution in [-0.4, -0.2) is 33.8 Å². The summed E-state index contributed by atoms with van der Waals surface area (Å²) in [6.45, 7) is 2.47. The number of piperidine rings is 1. The Balaban J connectivity index is 1.33. The zero-order valence-electron chi connectivity index (χ0n) is 13.0. The molecule has 2 aliphatic rings. The van der Waals surface area contributed by atoms with Gasteiger partial charge in [-0.05, 0) is 38.3 Å². The number of rotatable bonds is 5. The quantitative estimate of drug-likeness (QED) is 0.880. The fraction of sp³-hybridized carbons (Fsp3) is 0.562. The first-order valence-corrected chi connectivity index (χ1v) is 9.16. The first kappa shape index (κ1) is 14.8. The van der Waals surface area contributed by atoms with Gasteiger partial charge in [0.15, 0.2) is 0 Å². The van der Waals surface area contributed by atoms with E-state index in [4.69, 9.17) is 0 Å². The van der Waals surface area contributed by atoms with Crippen LogP contribution in [0.25, 0.3) is 0 Å². The van der Waals surface area contributed by atoms with Gasteiger partial charge in [0.2, 0.25) is 0 Å². The van der Waals surface area contributed by atoms with Crippen LogP contribution in [0.5, 0.6) is 0 Å². The van der Waals surface area contributed by atoms with E-state index in [1.54, 1.807) is 17.4 Å². The van der Waals surface area contributed by atoms with Gasteiger partial charge in [0.1, 0.15) is 10.7 Å². The Hall–Kier alpha value is -1.73. The number of aromatic nitrogens is 3. The minimum absolute atomic E-state index is 0.129. The highest BCUT2D eigenvalue weighted by atomic mass is 32.1. The van der Waals surface area contributed by atoms with E-state index in [2.05, 4.69) is 26.1 Å². The molecule has 3 heterocycles. The molecule has 2 N–H and O–H groups in total. The summed E-state index contributed by atoms with van der Waals surface area (Å²) in [4.78, 5) is 16.8. The molecule has 2 fully saturated rings. The van der Waals surface area contributed by atoms with Gasteiger partial charge in [0.05, 0.1) is 18.3 Å². The number of hydrogen-bond acceptors (Lipinski definition) is 5. The van der Waals surface area contributed by atoms with E-state index in [0.717, 1.165) is 30.9 Å². The van der Waals surface area contributed by atoms with Crippen LogP contribution >= 0.6 is 11.3 Å². The lowest BCUT2D eigenvalue weighted by Gasteiger charge is -2.22. The summed E-state index contributed by atoms with van der Waals surface area (Å²) in [6.07, 6.45) is 6.67. The molecule has 1 aliphatic carbocycles. The molecule has 23 heavy (non-hydrogen) atoms. The van der Waals surface area contributed by atoms with Crippen LogP contribution in [-0.2, 0) is 6.54 Å². The van der Waals surface area contributed by atoms with Crippen molar-refractivity contribution >= 4 is 17.2 Å². The van der Waals surface area contributed by atoms with Crippen LogP contribution in [0.15, 0.2) is 17.6 Å². The van der Waals surface area contributed by atoms with Crippen molar-refractivity contribution < 1.29 is 4.79 Å². The molecule has 6 nitrogen and oxygen atoms in total. The molecule has 7 heteroatoms. The Morgan fingerprint density at radius 1 is 1.43 bits per heavy atom. The smallest absolute Gasteiger partial charge is 0.272 e. The lowest BCUT2D eigenvalue weighted by Crippen LogP contribution is -2.32. The van der Waals surface area contributed by atoms with Gasteiger partial charge in [-0.15, -0.1) is 11.3 Å². The number of carbonyl (C=O) groups excluding carboxylic acids is 1. The molecule has 0 bridgehead atoms. The third kappa shape index (κ3) is 3.45. The van der Waals surface area contributed by atoms with Gasteiger partial charge in [-0.3, -0.25) is 9.48 Å². The average Bonchev–Trinajstić information content (AvgIpc) is 3.14. The second-order valence-corrected chi connectivity index (χ2v) is 7.25. The molecule has 0 aromatic carbocycles. The summed E-state index contributed by atoms with van der Waals surface area (Å²) in [5.74, 6) is 0.534. The van der Waals surface area contributed by atoms with E-state index in [-0.39, 0.29) is 5.91 Å². The molecular weight excluding hydrogens is 310 g/mol. The highest BCUT2D eigenvalue weighted by Gasteiger charge is 2.26. The van der Waals surface area contributed by atoms with Crippen molar-refractivity contribution in [3.05, 3.63) is 34.0 Å². The molecular formula is C16H21N5OS. The SMILES string of the molecule is O=C(NCc1nc(C2CC2)cs1)c1ccn(C2CCCNC2)n1. The maximum atomic E-state index is 12.2. The molecule has 2 aromatic rings. The van der Waals surface area contributed by atoms with Crippen molar-refractivity contribution in [2.24, 2.45) is 0 Å². The predicted octanol–water partition coefficient (Wildman–Crippen LogP) is 2.07. The van der Waals surface area contributed by atoms with Crippen molar-refractivity contribution in [1.82, 2.24) is 25.4 Å². The summed E-state index contributed by atoms with van der Waals surface area (Å²) in [6, 6.07) is 2.15. The summed E-state index contributed by atoms with van der Waals surface area (Å²) in [7, 11) is 0. The van der Waals surface area contributed by atoms with Crippen molar-refractivity contribution in [3.8, 4) is 0 Å². The molecule has 1 atom stereocenters. The number of amides is 1. The minimum Gasteiger partial charge on any atom is -0.344 e. The second-order valence-electron chi connectivity index (χ2n) is 6.30. The van der Waals surface area contributed by atoms with Crippen molar-refractivity contribution in [3.63, 3.8) is 0 Å². The van der Waals surface area contributed by atoms with E-state index in [9.17, 15) is 4.79 Å². The summed E-state index contributed by atoms with van der Waals surface area (Å²) < 4.78 is 1.91. The third-order valence-corrected chi connectivity index (χ3v) is 5.32. The second kappa shape index (κ2) is 6.41. The third-order valence-electron chi connectivity index (χ3n) is 4.45. The molecule has 1 amide bonds. The first-order valence-electron chi connectivity index (χ1n) is 8.28. The van der Waals surface area contributed by atoms with Gasteiger partial charge in [-0.2, -0.15) is 5.10 Å². The highest BCUT2D eigenvalue weighted by molar-refractivity contribution is 7.09. The molecule has 0 spiro atoms. The lowest BCUT2D eigenvalue weighted by atomic mass is 10.1. The molecule has 1 saturated heterocycles. The van der Waals surface area contributed by atoms with Crippen molar-refractivity contribution in [2.45, 2.75) is 44.2 Å². The molecule has 1 aliphatic heterocycles. The maximum Gasteiger partial charge on any atom is 0.272 e.